The number of ether oxygens (including phenoxy) is 1. The van der Waals surface area contributed by atoms with Crippen molar-refractivity contribution in [2.45, 2.75) is 58.0 Å². The largest absolute Gasteiger partial charge is 0.443 e. The zero-order valence-corrected chi connectivity index (χ0v) is 15.8. The Morgan fingerprint density at radius 2 is 2.00 bits per heavy atom. The van der Waals surface area contributed by atoms with E-state index in [-0.39, 0.29) is 17.5 Å². The molecule has 1 fully saturated rings. The lowest BCUT2D eigenvalue weighted by Crippen LogP contribution is -2.27. The predicted molar refractivity (Wildman–Crippen MR) is 99.5 cm³/mol. The molecule has 1 saturated heterocycles. The molecule has 1 N–H and O–H groups in total. The van der Waals surface area contributed by atoms with E-state index in [1.54, 1.807) is 0 Å². The highest BCUT2D eigenvalue weighted by molar-refractivity contribution is 5.19. The molecule has 0 unspecified atom stereocenters. The van der Waals surface area contributed by atoms with Crippen molar-refractivity contribution < 1.29 is 9.15 Å². The van der Waals surface area contributed by atoms with Gasteiger partial charge in [0.1, 0.15) is 5.76 Å². The molecule has 2 aromatic rings. The van der Waals surface area contributed by atoms with Crippen molar-refractivity contribution in [3.05, 3.63) is 53.7 Å². The molecule has 1 aliphatic heterocycles. The van der Waals surface area contributed by atoms with Crippen molar-refractivity contribution in [2.24, 2.45) is 5.92 Å². The number of hydrogen-bond donors (Lipinski definition) is 1. The van der Waals surface area contributed by atoms with Crippen LogP contribution in [0.3, 0.4) is 0 Å². The van der Waals surface area contributed by atoms with Crippen LogP contribution in [-0.4, -0.2) is 18.2 Å². The van der Waals surface area contributed by atoms with E-state index in [9.17, 15) is 0 Å². The summed E-state index contributed by atoms with van der Waals surface area (Å²) in [6.07, 6.45) is 4.07. The topological polar surface area (TPSA) is 47.3 Å². The first-order valence-electron chi connectivity index (χ1n) is 9.28. The Labute approximate surface area is 151 Å². The van der Waals surface area contributed by atoms with Gasteiger partial charge in [0.05, 0.1) is 12.2 Å². The molecular formula is C21H30N2O2. The number of nitrogens with one attached hydrogen (secondary N) is 1. The van der Waals surface area contributed by atoms with Crippen LogP contribution >= 0.6 is 0 Å². The average molecular weight is 342 g/mol. The number of hydrogen-bond acceptors (Lipinski definition) is 4. The lowest BCUT2D eigenvalue weighted by molar-refractivity contribution is 0.180. The van der Waals surface area contributed by atoms with Gasteiger partial charge in [0.2, 0.25) is 5.89 Å². The molecule has 4 heteroatoms. The molecule has 2 heterocycles. The Morgan fingerprint density at radius 1 is 1.24 bits per heavy atom. The number of benzene rings is 1. The Kier molecular flexibility index (Phi) is 5.60. The monoisotopic (exact) mass is 342 g/mol. The minimum atomic E-state index is -0.0228. The zero-order chi connectivity index (χ0) is 17.9. The van der Waals surface area contributed by atoms with Crippen LogP contribution in [0.2, 0.25) is 0 Å². The second-order valence-corrected chi connectivity index (χ2v) is 8.13. The van der Waals surface area contributed by atoms with Gasteiger partial charge in [-0.25, -0.2) is 4.98 Å². The molecule has 0 bridgehead atoms. The fourth-order valence-corrected chi connectivity index (χ4v) is 3.30. The van der Waals surface area contributed by atoms with Crippen molar-refractivity contribution in [3.63, 3.8) is 0 Å². The first-order chi connectivity index (χ1) is 11.9. The molecule has 3 atom stereocenters. The third kappa shape index (κ3) is 4.71. The van der Waals surface area contributed by atoms with Crippen LogP contribution in [0.1, 0.15) is 69.8 Å². The molecule has 1 aliphatic rings. The highest BCUT2D eigenvalue weighted by Crippen LogP contribution is 2.30. The highest BCUT2D eigenvalue weighted by Gasteiger charge is 2.26. The number of aromatic nitrogens is 1. The van der Waals surface area contributed by atoms with Crippen LogP contribution in [0.4, 0.5) is 0 Å². The van der Waals surface area contributed by atoms with Crippen molar-refractivity contribution in [3.8, 4) is 0 Å². The Hall–Kier alpha value is -1.65. The normalized spacial score (nSPS) is 20.6. The molecule has 0 spiro atoms. The summed E-state index contributed by atoms with van der Waals surface area (Å²) in [5, 5.41) is 3.73. The van der Waals surface area contributed by atoms with Crippen LogP contribution in [0.25, 0.3) is 0 Å². The maximum Gasteiger partial charge on any atom is 0.211 e. The maximum absolute atomic E-state index is 6.02. The van der Waals surface area contributed by atoms with Crippen LogP contribution in [-0.2, 0) is 10.2 Å². The summed E-state index contributed by atoms with van der Waals surface area (Å²) >= 11 is 0. The van der Waals surface area contributed by atoms with E-state index in [4.69, 9.17) is 9.15 Å². The molecule has 3 rings (SSSR count). The van der Waals surface area contributed by atoms with Gasteiger partial charge in [0.25, 0.3) is 0 Å². The average Bonchev–Trinajstić information content (AvgIpc) is 3.26. The van der Waals surface area contributed by atoms with Gasteiger partial charge in [-0.3, -0.25) is 5.32 Å². The van der Waals surface area contributed by atoms with Gasteiger partial charge < -0.3 is 9.15 Å². The van der Waals surface area contributed by atoms with Crippen LogP contribution in [0.15, 0.2) is 40.9 Å². The summed E-state index contributed by atoms with van der Waals surface area (Å²) in [5.41, 5.74) is 1.29. The van der Waals surface area contributed by atoms with E-state index < -0.39 is 0 Å². The second-order valence-electron chi connectivity index (χ2n) is 8.13. The second kappa shape index (κ2) is 7.71. The summed E-state index contributed by atoms with van der Waals surface area (Å²) < 4.78 is 11.6. The lowest BCUT2D eigenvalue weighted by Gasteiger charge is -2.25. The van der Waals surface area contributed by atoms with Gasteiger partial charge in [-0.2, -0.15) is 0 Å². The fraction of sp³-hybridized carbons (Fsp3) is 0.571. The molecule has 25 heavy (non-hydrogen) atoms. The number of oxazole rings is 1. The summed E-state index contributed by atoms with van der Waals surface area (Å²) in [6.45, 7) is 10.3. The van der Waals surface area contributed by atoms with Gasteiger partial charge in [-0.05, 0) is 31.2 Å². The molecule has 0 amide bonds. The van der Waals surface area contributed by atoms with Crippen molar-refractivity contribution in [2.75, 3.05) is 13.2 Å². The Bertz CT molecular complexity index is 654. The van der Waals surface area contributed by atoms with Crippen LogP contribution in [0.5, 0.6) is 0 Å². The van der Waals surface area contributed by atoms with Gasteiger partial charge in [0, 0.05) is 24.7 Å². The SMILES string of the molecule is C[C@H](N[C@H](C[C@@H]1CCOC1)c1ccccc1)c1ncc(C(C)(C)C)o1. The van der Waals surface area contributed by atoms with E-state index in [1.807, 2.05) is 6.20 Å². The Balaban J connectivity index is 1.73. The Morgan fingerprint density at radius 3 is 2.60 bits per heavy atom. The minimum Gasteiger partial charge on any atom is -0.443 e. The quantitative estimate of drug-likeness (QED) is 0.820. The van der Waals surface area contributed by atoms with Crippen molar-refractivity contribution in [1.29, 1.82) is 0 Å². The lowest BCUT2D eigenvalue weighted by atomic mass is 9.93. The maximum atomic E-state index is 6.02. The number of rotatable bonds is 6. The third-order valence-corrected chi connectivity index (χ3v) is 4.88. The van der Waals surface area contributed by atoms with Crippen molar-refractivity contribution in [1.82, 2.24) is 10.3 Å². The zero-order valence-electron chi connectivity index (χ0n) is 15.8. The first kappa shape index (κ1) is 18.2. The highest BCUT2D eigenvalue weighted by atomic mass is 16.5. The molecule has 136 valence electrons. The van der Waals surface area contributed by atoms with E-state index in [1.165, 1.54) is 5.56 Å². The summed E-state index contributed by atoms with van der Waals surface area (Å²) in [5.74, 6) is 2.30. The van der Waals surface area contributed by atoms with Crippen LogP contribution in [0, 0.1) is 5.92 Å². The summed E-state index contributed by atoms with van der Waals surface area (Å²) in [7, 11) is 0. The minimum absolute atomic E-state index is 0.0228. The molecule has 1 aromatic heterocycles. The molecule has 4 nitrogen and oxygen atoms in total. The third-order valence-electron chi connectivity index (χ3n) is 4.88. The smallest absolute Gasteiger partial charge is 0.211 e. The number of nitrogens with zero attached hydrogens (tertiary/aromatic N) is 1. The van der Waals surface area contributed by atoms with Crippen molar-refractivity contribution >= 4 is 0 Å². The summed E-state index contributed by atoms with van der Waals surface area (Å²) in [4.78, 5) is 4.51. The van der Waals surface area contributed by atoms with Gasteiger partial charge in [-0.1, -0.05) is 51.1 Å². The fourth-order valence-electron chi connectivity index (χ4n) is 3.30. The summed E-state index contributed by atoms with van der Waals surface area (Å²) in [6, 6.07) is 11.0. The van der Waals surface area contributed by atoms with E-state index in [0.717, 1.165) is 37.7 Å². The predicted octanol–water partition coefficient (Wildman–Crippen LogP) is 4.79. The molecule has 0 aliphatic carbocycles. The molecule has 0 radical (unpaired) electrons. The van der Waals surface area contributed by atoms with Crippen LogP contribution < -0.4 is 5.32 Å². The van der Waals surface area contributed by atoms with Gasteiger partial charge in [-0.15, -0.1) is 0 Å². The molecule has 0 saturated carbocycles. The van der Waals surface area contributed by atoms with E-state index in [0.29, 0.717) is 5.92 Å². The first-order valence-corrected chi connectivity index (χ1v) is 9.28. The van der Waals surface area contributed by atoms with E-state index >= 15 is 0 Å². The van der Waals surface area contributed by atoms with Gasteiger partial charge in [0.15, 0.2) is 0 Å². The van der Waals surface area contributed by atoms with Gasteiger partial charge >= 0.3 is 0 Å². The standard InChI is InChI=1S/C21H30N2O2/c1-15(20-22-13-19(25-20)21(2,3)4)23-18(12-16-10-11-24-14-16)17-8-6-5-7-9-17/h5-9,13,15-16,18,23H,10-12,14H2,1-4H3/t15-,16-,18+/m0/s1. The molecular weight excluding hydrogens is 312 g/mol. The molecule has 1 aromatic carbocycles. The van der Waals surface area contributed by atoms with E-state index in [2.05, 4.69) is 68.3 Å².